The van der Waals surface area contributed by atoms with Crippen molar-refractivity contribution in [2.75, 3.05) is 0 Å². The first-order valence-corrected chi connectivity index (χ1v) is 5.46. The number of aryl methyl sites for hydroxylation is 1. The van der Waals surface area contributed by atoms with Crippen molar-refractivity contribution in [3.8, 4) is 0 Å². The molecule has 1 aromatic heterocycles. The second-order valence-electron chi connectivity index (χ2n) is 5.32. The third kappa shape index (κ3) is 0.943. The lowest BCUT2D eigenvalue weighted by Crippen LogP contribution is -2.43. The van der Waals surface area contributed by atoms with Crippen LogP contribution in [0.5, 0.6) is 0 Å². The number of hydrogen-bond donors (Lipinski definition) is 0. The minimum atomic E-state index is 0.306. The van der Waals surface area contributed by atoms with Crippen molar-refractivity contribution in [3.63, 3.8) is 0 Å². The van der Waals surface area contributed by atoms with E-state index in [4.69, 9.17) is 0 Å². The minimum Gasteiger partial charge on any atom is -0.328 e. The van der Waals surface area contributed by atoms with Crippen LogP contribution in [-0.4, -0.2) is 9.55 Å². The highest BCUT2D eigenvalue weighted by atomic mass is 15.2. The Kier molecular flexibility index (Phi) is 1.82. The molecule has 0 saturated carbocycles. The van der Waals surface area contributed by atoms with E-state index in [0.717, 1.165) is 0 Å². The summed E-state index contributed by atoms with van der Waals surface area (Å²) < 4.78 is 2.38. The molecule has 2 rings (SSSR count). The second kappa shape index (κ2) is 2.62. The Hall–Kier alpha value is -0.790. The van der Waals surface area contributed by atoms with E-state index in [2.05, 4.69) is 51.1 Å². The molecule has 1 aliphatic rings. The molecule has 2 heterocycles. The molecule has 0 N–H and O–H groups in total. The fraction of sp³-hybridized carbons (Fsp3) is 0.750. The summed E-state index contributed by atoms with van der Waals surface area (Å²) in [5.41, 5.74) is 3.06. The Balaban J connectivity index is 2.60. The van der Waals surface area contributed by atoms with E-state index in [1.54, 1.807) is 0 Å². The molecule has 0 bridgehead atoms. The largest absolute Gasteiger partial charge is 0.328 e. The van der Waals surface area contributed by atoms with Crippen LogP contribution in [0.2, 0.25) is 0 Å². The molecular weight excluding hydrogens is 172 g/mol. The number of fused-ring (bicyclic) bond motifs is 1. The fourth-order valence-electron chi connectivity index (χ4n) is 2.54. The van der Waals surface area contributed by atoms with Crippen LogP contribution in [0.3, 0.4) is 0 Å². The summed E-state index contributed by atoms with van der Waals surface area (Å²) >= 11 is 0. The zero-order valence-corrected chi connectivity index (χ0v) is 10.0. The van der Waals surface area contributed by atoms with Crippen LogP contribution in [0.4, 0.5) is 0 Å². The van der Waals surface area contributed by atoms with Gasteiger partial charge in [-0.2, -0.15) is 0 Å². The number of hydrogen-bond acceptors (Lipinski definition) is 1. The summed E-state index contributed by atoms with van der Waals surface area (Å²) in [6, 6.07) is 0.595. The Morgan fingerprint density at radius 2 is 1.93 bits per heavy atom. The van der Waals surface area contributed by atoms with Crippen molar-refractivity contribution in [1.29, 1.82) is 0 Å². The summed E-state index contributed by atoms with van der Waals surface area (Å²) in [5, 5.41) is 0. The van der Waals surface area contributed by atoms with Crippen LogP contribution in [0.1, 0.15) is 63.8 Å². The van der Waals surface area contributed by atoms with Gasteiger partial charge in [-0.15, -0.1) is 0 Å². The van der Waals surface area contributed by atoms with Crippen molar-refractivity contribution in [1.82, 2.24) is 9.55 Å². The fourth-order valence-corrected chi connectivity index (χ4v) is 2.54. The van der Waals surface area contributed by atoms with Gasteiger partial charge in [0.25, 0.3) is 0 Å². The maximum absolute atomic E-state index is 4.68. The average Bonchev–Trinajstić information content (AvgIpc) is 2.41. The van der Waals surface area contributed by atoms with Crippen molar-refractivity contribution in [2.24, 2.45) is 0 Å². The van der Waals surface area contributed by atoms with Gasteiger partial charge in [0.2, 0.25) is 0 Å². The number of aromatic nitrogens is 2. The van der Waals surface area contributed by atoms with Crippen LogP contribution in [0, 0.1) is 6.92 Å². The van der Waals surface area contributed by atoms with E-state index >= 15 is 0 Å². The van der Waals surface area contributed by atoms with Gasteiger partial charge < -0.3 is 4.57 Å². The van der Waals surface area contributed by atoms with Crippen molar-refractivity contribution < 1.29 is 0 Å². The number of rotatable bonds is 1. The zero-order valence-electron chi connectivity index (χ0n) is 10.0. The van der Waals surface area contributed by atoms with Gasteiger partial charge in [-0.3, -0.25) is 0 Å². The molecule has 1 aromatic rings. The van der Waals surface area contributed by atoms with Crippen molar-refractivity contribution in [3.05, 3.63) is 17.2 Å². The molecule has 1 aliphatic heterocycles. The summed E-state index contributed by atoms with van der Waals surface area (Å²) in [6.07, 6.45) is 0. The first-order chi connectivity index (χ1) is 6.37. The van der Waals surface area contributed by atoms with Crippen LogP contribution in [0.25, 0.3) is 0 Å². The van der Waals surface area contributed by atoms with Gasteiger partial charge in [-0.25, -0.2) is 4.98 Å². The minimum absolute atomic E-state index is 0.306. The van der Waals surface area contributed by atoms with Crippen LogP contribution < -0.4 is 0 Å². The molecule has 0 fully saturated rings. The molecule has 2 heteroatoms. The molecule has 0 radical (unpaired) electrons. The van der Waals surface area contributed by atoms with E-state index in [0.29, 0.717) is 17.4 Å². The Labute approximate surface area is 86.3 Å². The highest BCUT2D eigenvalue weighted by Crippen LogP contribution is 2.49. The van der Waals surface area contributed by atoms with Gasteiger partial charge in [0.05, 0.1) is 5.69 Å². The zero-order chi connectivity index (χ0) is 10.7. The van der Waals surface area contributed by atoms with E-state index in [1.807, 2.05) is 0 Å². The predicted octanol–water partition coefficient (Wildman–Crippen LogP) is 3.17. The highest BCUT2D eigenvalue weighted by molar-refractivity contribution is 5.36. The van der Waals surface area contributed by atoms with Gasteiger partial charge in [0, 0.05) is 17.2 Å². The number of imidazole rings is 1. The van der Waals surface area contributed by atoms with E-state index < -0.39 is 0 Å². The lowest BCUT2D eigenvalue weighted by Gasteiger charge is -2.46. The van der Waals surface area contributed by atoms with Gasteiger partial charge in [0.1, 0.15) is 5.82 Å². The Morgan fingerprint density at radius 3 is 2.43 bits per heavy atom. The summed E-state index contributed by atoms with van der Waals surface area (Å²) in [4.78, 5) is 4.68. The van der Waals surface area contributed by atoms with Crippen molar-refractivity contribution in [2.45, 2.75) is 58.9 Å². The van der Waals surface area contributed by atoms with Gasteiger partial charge in [0.15, 0.2) is 0 Å². The Morgan fingerprint density at radius 1 is 1.36 bits per heavy atom. The quantitative estimate of drug-likeness (QED) is 0.668. The first-order valence-electron chi connectivity index (χ1n) is 5.46. The standard InChI is InChI=1S/C12H20N2/c1-7(2)10-11-12(5,6)8(3)14(11)9(4)13-10/h7-8H,1-6H3. The van der Waals surface area contributed by atoms with Gasteiger partial charge in [-0.05, 0) is 19.8 Å². The lowest BCUT2D eigenvalue weighted by atomic mass is 9.73. The van der Waals surface area contributed by atoms with Crippen LogP contribution >= 0.6 is 0 Å². The third-order valence-electron chi connectivity index (χ3n) is 3.70. The molecule has 0 spiro atoms. The third-order valence-corrected chi connectivity index (χ3v) is 3.70. The van der Waals surface area contributed by atoms with E-state index in [-0.39, 0.29) is 0 Å². The molecule has 0 saturated heterocycles. The maximum atomic E-state index is 4.68. The SMILES string of the molecule is Cc1nc(C(C)C)c2n1C(C)C2(C)C. The predicted molar refractivity (Wildman–Crippen MR) is 58.8 cm³/mol. The summed E-state index contributed by atoms with van der Waals surface area (Å²) in [5.74, 6) is 1.72. The highest BCUT2D eigenvalue weighted by Gasteiger charge is 2.46. The van der Waals surface area contributed by atoms with E-state index in [1.165, 1.54) is 17.2 Å². The topological polar surface area (TPSA) is 17.8 Å². The molecule has 0 amide bonds. The molecule has 1 atom stereocenters. The average molecular weight is 192 g/mol. The second-order valence-corrected chi connectivity index (χ2v) is 5.32. The van der Waals surface area contributed by atoms with Gasteiger partial charge >= 0.3 is 0 Å². The molecule has 14 heavy (non-hydrogen) atoms. The van der Waals surface area contributed by atoms with E-state index in [9.17, 15) is 0 Å². The maximum Gasteiger partial charge on any atom is 0.106 e. The lowest BCUT2D eigenvalue weighted by molar-refractivity contribution is 0.225. The summed E-state index contributed by atoms with van der Waals surface area (Å²) in [6.45, 7) is 13.5. The number of nitrogens with zero attached hydrogens (tertiary/aromatic N) is 2. The van der Waals surface area contributed by atoms with Gasteiger partial charge in [-0.1, -0.05) is 27.7 Å². The van der Waals surface area contributed by atoms with Crippen LogP contribution in [0.15, 0.2) is 0 Å². The summed E-state index contributed by atoms with van der Waals surface area (Å²) in [7, 11) is 0. The molecular formula is C12H20N2. The van der Waals surface area contributed by atoms with Crippen LogP contribution in [-0.2, 0) is 5.41 Å². The molecule has 1 unspecified atom stereocenters. The molecule has 78 valence electrons. The normalized spacial score (nSPS) is 23.5. The molecule has 0 aliphatic carbocycles. The smallest absolute Gasteiger partial charge is 0.106 e. The monoisotopic (exact) mass is 192 g/mol. The Bertz CT molecular complexity index is 372. The molecule has 0 aromatic carbocycles. The molecule has 2 nitrogen and oxygen atoms in total. The first kappa shape index (κ1) is 9.75. The van der Waals surface area contributed by atoms with Crippen molar-refractivity contribution >= 4 is 0 Å².